The zero-order valence-electron chi connectivity index (χ0n) is 18.3. The molecule has 1 N–H and O–H groups in total. The molecule has 5 nitrogen and oxygen atoms in total. The monoisotopic (exact) mass is 460 g/mol. The highest BCUT2D eigenvalue weighted by molar-refractivity contribution is 6.31. The number of nitrogens with one attached hydrogen (secondary N) is 1. The first-order valence-corrected chi connectivity index (χ1v) is 12.0. The third kappa shape index (κ3) is 3.24. The Morgan fingerprint density at radius 2 is 1.67 bits per heavy atom. The molecule has 1 saturated heterocycles. The average molecular weight is 461 g/mol. The van der Waals surface area contributed by atoms with Crippen molar-refractivity contribution in [3.8, 4) is 0 Å². The van der Waals surface area contributed by atoms with Crippen molar-refractivity contribution in [2.24, 2.45) is 35.5 Å². The summed E-state index contributed by atoms with van der Waals surface area (Å²) in [6, 6.07) is 13.9. The first kappa shape index (κ1) is 20.7. The van der Waals surface area contributed by atoms with Crippen LogP contribution >= 0.6 is 11.6 Å². The molecule has 0 unspecified atom stereocenters. The Kier molecular flexibility index (Phi) is 4.73. The number of nitrogens with zero attached hydrogens (tertiary/aromatic N) is 1. The van der Waals surface area contributed by atoms with Crippen LogP contribution in [0.5, 0.6) is 0 Å². The van der Waals surface area contributed by atoms with E-state index < -0.39 is 6.04 Å². The minimum absolute atomic E-state index is 0.127. The smallest absolute Gasteiger partial charge is 0.248 e. The van der Waals surface area contributed by atoms with E-state index in [1.165, 1.54) is 4.90 Å². The van der Waals surface area contributed by atoms with E-state index in [2.05, 4.69) is 17.5 Å². The molecule has 0 aromatic heterocycles. The van der Waals surface area contributed by atoms with Gasteiger partial charge in [0.25, 0.3) is 0 Å². The highest BCUT2D eigenvalue weighted by atomic mass is 35.5. The summed E-state index contributed by atoms with van der Waals surface area (Å²) in [6.07, 6.45) is 5.68. The maximum Gasteiger partial charge on any atom is 0.248 e. The second kappa shape index (κ2) is 7.56. The molecule has 168 valence electrons. The van der Waals surface area contributed by atoms with Gasteiger partial charge in [-0.1, -0.05) is 60.2 Å². The fraction of sp³-hybridized carbons (Fsp3) is 0.370. The summed E-state index contributed by atoms with van der Waals surface area (Å²) >= 11 is 6.15. The van der Waals surface area contributed by atoms with Crippen molar-refractivity contribution in [1.82, 2.24) is 4.90 Å². The molecular formula is C27H25ClN2O3. The van der Waals surface area contributed by atoms with Crippen LogP contribution < -0.4 is 5.32 Å². The molecule has 2 bridgehead atoms. The van der Waals surface area contributed by atoms with Crippen LogP contribution in [-0.2, 0) is 20.8 Å². The molecule has 0 spiro atoms. The maximum absolute atomic E-state index is 13.7. The van der Waals surface area contributed by atoms with Gasteiger partial charge in [0, 0.05) is 17.1 Å². The number of rotatable bonds is 5. The second-order valence-corrected chi connectivity index (χ2v) is 10.3. The topological polar surface area (TPSA) is 66.5 Å². The maximum atomic E-state index is 13.7. The Morgan fingerprint density at radius 3 is 2.30 bits per heavy atom. The van der Waals surface area contributed by atoms with Crippen molar-refractivity contribution in [2.45, 2.75) is 25.8 Å². The number of imide groups is 1. The highest BCUT2D eigenvalue weighted by Crippen LogP contribution is 2.65. The molecule has 2 aromatic rings. The first-order chi connectivity index (χ1) is 15.9. The Balaban J connectivity index is 1.34. The molecule has 3 amide bonds. The molecule has 2 saturated carbocycles. The van der Waals surface area contributed by atoms with Crippen LogP contribution in [0.15, 0.2) is 60.7 Å². The van der Waals surface area contributed by atoms with Crippen molar-refractivity contribution in [3.63, 3.8) is 0 Å². The van der Waals surface area contributed by atoms with Crippen molar-refractivity contribution in [3.05, 3.63) is 76.8 Å². The third-order valence-electron chi connectivity index (χ3n) is 8.04. The lowest BCUT2D eigenvalue weighted by Gasteiger charge is -2.37. The largest absolute Gasteiger partial charge is 0.324 e. The van der Waals surface area contributed by atoms with Crippen molar-refractivity contribution in [2.75, 3.05) is 5.32 Å². The number of carbonyl (C=O) groups excluding carboxylic acids is 3. The van der Waals surface area contributed by atoms with Gasteiger partial charge in [-0.25, -0.2) is 0 Å². The SMILES string of the molecule is Cc1ccc(Cl)cc1NC(=O)[C@H](Cc1ccccc1)N1C(=O)[C@@H]2[C@@H]3C=C[C@H]([C@H]4C[C@H]34)[C@@H]2C1=O. The van der Waals surface area contributed by atoms with Crippen molar-refractivity contribution < 1.29 is 14.4 Å². The Morgan fingerprint density at radius 1 is 1.03 bits per heavy atom. The number of likely N-dealkylation sites (tertiary alicyclic amines) is 1. The lowest BCUT2D eigenvalue weighted by molar-refractivity contribution is -0.146. The van der Waals surface area contributed by atoms with Gasteiger partial charge < -0.3 is 5.32 Å². The van der Waals surface area contributed by atoms with E-state index in [-0.39, 0.29) is 47.8 Å². The number of halogens is 1. The van der Waals surface area contributed by atoms with E-state index in [0.717, 1.165) is 17.5 Å². The van der Waals surface area contributed by atoms with E-state index in [9.17, 15) is 14.4 Å². The molecular weight excluding hydrogens is 436 g/mol. The van der Waals surface area contributed by atoms with Crippen LogP contribution in [0.3, 0.4) is 0 Å². The van der Waals surface area contributed by atoms with Crippen LogP contribution in [0.1, 0.15) is 17.5 Å². The van der Waals surface area contributed by atoms with Gasteiger partial charge in [0.1, 0.15) is 6.04 Å². The number of carbonyl (C=O) groups is 3. The lowest BCUT2D eigenvalue weighted by atomic mass is 9.63. The fourth-order valence-corrected chi connectivity index (χ4v) is 6.54. The quantitative estimate of drug-likeness (QED) is 0.535. The van der Waals surface area contributed by atoms with Gasteiger partial charge in [0.2, 0.25) is 17.7 Å². The summed E-state index contributed by atoms with van der Waals surface area (Å²) in [4.78, 5) is 42.3. The third-order valence-corrected chi connectivity index (χ3v) is 8.28. The van der Waals surface area contributed by atoms with E-state index >= 15 is 0 Å². The van der Waals surface area contributed by atoms with Crippen molar-refractivity contribution in [1.29, 1.82) is 0 Å². The van der Waals surface area contributed by atoms with Gasteiger partial charge in [0.05, 0.1) is 11.8 Å². The molecule has 0 radical (unpaired) electrons. The predicted molar refractivity (Wildman–Crippen MR) is 125 cm³/mol. The summed E-state index contributed by atoms with van der Waals surface area (Å²) in [6.45, 7) is 1.88. The fourth-order valence-electron chi connectivity index (χ4n) is 6.37. The van der Waals surface area contributed by atoms with Crippen LogP contribution in [0.2, 0.25) is 5.02 Å². The average Bonchev–Trinajstić information content (AvgIpc) is 3.59. The Hall–Kier alpha value is -2.92. The van der Waals surface area contributed by atoms with Crippen LogP contribution in [0.4, 0.5) is 5.69 Å². The van der Waals surface area contributed by atoms with Gasteiger partial charge in [-0.15, -0.1) is 0 Å². The number of benzene rings is 2. The molecule has 1 aliphatic heterocycles. The zero-order valence-corrected chi connectivity index (χ0v) is 19.0. The highest BCUT2D eigenvalue weighted by Gasteiger charge is 2.67. The van der Waals surface area contributed by atoms with Gasteiger partial charge in [0.15, 0.2) is 0 Å². The van der Waals surface area contributed by atoms with Crippen LogP contribution in [0, 0.1) is 42.4 Å². The number of anilines is 1. The molecule has 7 atom stereocenters. The van der Waals surface area contributed by atoms with E-state index in [0.29, 0.717) is 22.5 Å². The van der Waals surface area contributed by atoms with Gasteiger partial charge in [-0.3, -0.25) is 19.3 Å². The second-order valence-electron chi connectivity index (χ2n) is 9.86. The summed E-state index contributed by atoms with van der Waals surface area (Å²) in [5.74, 6) is -0.0891. The van der Waals surface area contributed by atoms with E-state index in [1.54, 1.807) is 12.1 Å². The first-order valence-electron chi connectivity index (χ1n) is 11.6. The normalized spacial score (nSPS) is 31.9. The van der Waals surface area contributed by atoms with E-state index in [1.807, 2.05) is 43.3 Å². The number of hydrogen-bond acceptors (Lipinski definition) is 3. The molecule has 7 rings (SSSR count). The Bertz CT molecular complexity index is 1160. The van der Waals surface area contributed by atoms with Crippen molar-refractivity contribution >= 4 is 35.0 Å². The molecule has 33 heavy (non-hydrogen) atoms. The summed E-state index contributed by atoms with van der Waals surface area (Å²) in [5, 5.41) is 3.45. The Labute approximate surface area is 197 Å². The van der Waals surface area contributed by atoms with Gasteiger partial charge >= 0.3 is 0 Å². The zero-order chi connectivity index (χ0) is 22.9. The van der Waals surface area contributed by atoms with Crippen LogP contribution in [0.25, 0.3) is 0 Å². The van der Waals surface area contributed by atoms with Gasteiger partial charge in [-0.05, 0) is 60.3 Å². The predicted octanol–water partition coefficient (Wildman–Crippen LogP) is 4.25. The number of amides is 3. The molecule has 6 heteroatoms. The minimum atomic E-state index is -0.910. The number of aryl methyl sites for hydroxylation is 1. The standard InChI is InChI=1S/C27H25ClN2O3/c1-14-7-8-16(28)12-21(14)29-25(31)22(11-15-5-3-2-4-6-15)30-26(32)23-17-9-10-18(20-13-19(17)20)24(23)27(30)33/h2-10,12,17-20,22-24H,11,13H2,1H3,(H,29,31)/t17-,18-,19-,20-,22+,23-,24+/m1/s1. The molecule has 3 fully saturated rings. The molecule has 1 heterocycles. The number of hydrogen-bond donors (Lipinski definition) is 1. The van der Waals surface area contributed by atoms with Crippen LogP contribution in [-0.4, -0.2) is 28.7 Å². The minimum Gasteiger partial charge on any atom is -0.324 e. The molecule has 2 aromatic carbocycles. The van der Waals surface area contributed by atoms with Gasteiger partial charge in [-0.2, -0.15) is 0 Å². The molecule has 4 aliphatic carbocycles. The molecule has 5 aliphatic rings. The summed E-state index contributed by atoms with van der Waals surface area (Å²) < 4.78 is 0. The summed E-state index contributed by atoms with van der Waals surface area (Å²) in [7, 11) is 0. The lowest BCUT2D eigenvalue weighted by Crippen LogP contribution is -2.49. The van der Waals surface area contributed by atoms with E-state index in [4.69, 9.17) is 11.6 Å². The number of allylic oxidation sites excluding steroid dienone is 2. The summed E-state index contributed by atoms with van der Waals surface area (Å²) in [5.41, 5.74) is 2.35.